The van der Waals surface area contributed by atoms with Gasteiger partial charge in [-0.15, -0.1) is 5.10 Å². The molecule has 0 bridgehead atoms. The van der Waals surface area contributed by atoms with Gasteiger partial charge in [0.05, 0.1) is 11.3 Å². The molecular weight excluding hydrogens is 223 g/mol. The van der Waals surface area contributed by atoms with E-state index in [2.05, 4.69) is 15.5 Å². The van der Waals surface area contributed by atoms with Gasteiger partial charge in [-0.2, -0.15) is 13.2 Å². The number of halogens is 3. The third-order valence-electron chi connectivity index (χ3n) is 1.96. The van der Waals surface area contributed by atoms with Crippen LogP contribution in [-0.2, 0) is 6.18 Å². The SMILES string of the molecule is Nc1ccc(-n2cnnn2)cc1C(F)(F)F. The summed E-state index contributed by atoms with van der Waals surface area (Å²) in [6.45, 7) is 0. The second-order valence-corrected chi connectivity index (χ2v) is 3.02. The van der Waals surface area contributed by atoms with Crippen molar-refractivity contribution in [2.24, 2.45) is 0 Å². The van der Waals surface area contributed by atoms with Crippen LogP contribution < -0.4 is 5.73 Å². The van der Waals surface area contributed by atoms with Crippen molar-refractivity contribution in [2.45, 2.75) is 6.18 Å². The summed E-state index contributed by atoms with van der Waals surface area (Å²) in [6, 6.07) is 3.46. The van der Waals surface area contributed by atoms with Crippen molar-refractivity contribution in [1.29, 1.82) is 0 Å². The van der Waals surface area contributed by atoms with Crippen molar-refractivity contribution in [1.82, 2.24) is 20.2 Å². The Balaban J connectivity index is 2.52. The lowest BCUT2D eigenvalue weighted by Crippen LogP contribution is -2.10. The molecule has 1 aromatic carbocycles. The summed E-state index contributed by atoms with van der Waals surface area (Å²) >= 11 is 0. The van der Waals surface area contributed by atoms with Gasteiger partial charge in [-0.25, -0.2) is 4.68 Å². The normalized spacial score (nSPS) is 11.7. The third-order valence-corrected chi connectivity index (χ3v) is 1.96. The minimum atomic E-state index is -4.49. The van der Waals surface area contributed by atoms with Gasteiger partial charge in [-0.1, -0.05) is 0 Å². The van der Waals surface area contributed by atoms with E-state index >= 15 is 0 Å². The van der Waals surface area contributed by atoms with E-state index in [0.29, 0.717) is 0 Å². The highest BCUT2D eigenvalue weighted by Gasteiger charge is 2.33. The molecular formula is C8H6F3N5. The van der Waals surface area contributed by atoms with Crippen LogP contribution in [0.1, 0.15) is 5.56 Å². The van der Waals surface area contributed by atoms with E-state index in [9.17, 15) is 13.2 Å². The zero-order valence-corrected chi connectivity index (χ0v) is 7.81. The van der Waals surface area contributed by atoms with Gasteiger partial charge < -0.3 is 5.73 Å². The number of alkyl halides is 3. The van der Waals surface area contributed by atoms with E-state index < -0.39 is 11.7 Å². The third kappa shape index (κ3) is 1.81. The van der Waals surface area contributed by atoms with Crippen LogP contribution in [0.5, 0.6) is 0 Å². The summed E-state index contributed by atoms with van der Waals surface area (Å²) in [5.41, 5.74) is 4.22. The molecule has 0 aliphatic rings. The average molecular weight is 229 g/mol. The first kappa shape index (κ1) is 10.4. The first-order valence-electron chi connectivity index (χ1n) is 4.18. The fourth-order valence-corrected chi connectivity index (χ4v) is 1.21. The molecule has 84 valence electrons. The molecule has 2 aromatic rings. The van der Waals surface area contributed by atoms with E-state index in [4.69, 9.17) is 5.73 Å². The molecule has 16 heavy (non-hydrogen) atoms. The highest BCUT2D eigenvalue weighted by molar-refractivity contribution is 5.53. The number of aromatic nitrogens is 4. The number of nitrogens with zero attached hydrogens (tertiary/aromatic N) is 4. The molecule has 0 aliphatic heterocycles. The van der Waals surface area contributed by atoms with Crippen LogP contribution >= 0.6 is 0 Å². The lowest BCUT2D eigenvalue weighted by atomic mass is 10.1. The lowest BCUT2D eigenvalue weighted by Gasteiger charge is -2.11. The minimum Gasteiger partial charge on any atom is -0.398 e. The maximum Gasteiger partial charge on any atom is 0.418 e. The molecule has 1 heterocycles. The fourth-order valence-electron chi connectivity index (χ4n) is 1.21. The zero-order valence-electron chi connectivity index (χ0n) is 7.81. The Morgan fingerprint density at radius 3 is 2.56 bits per heavy atom. The van der Waals surface area contributed by atoms with Gasteiger partial charge in [0.1, 0.15) is 6.33 Å². The first-order valence-corrected chi connectivity index (χ1v) is 4.18. The van der Waals surface area contributed by atoms with Crippen molar-refractivity contribution < 1.29 is 13.2 Å². The van der Waals surface area contributed by atoms with E-state index in [1.807, 2.05) is 0 Å². The highest BCUT2D eigenvalue weighted by Crippen LogP contribution is 2.34. The molecule has 0 unspecified atom stereocenters. The molecule has 1 aromatic heterocycles. The Hall–Kier alpha value is -2.12. The predicted molar refractivity (Wildman–Crippen MR) is 48.6 cm³/mol. The van der Waals surface area contributed by atoms with Crippen LogP contribution in [0.2, 0.25) is 0 Å². The molecule has 2 rings (SSSR count). The summed E-state index contributed by atoms with van der Waals surface area (Å²) in [6.07, 6.45) is -3.29. The molecule has 0 radical (unpaired) electrons. The fraction of sp³-hybridized carbons (Fsp3) is 0.125. The maximum absolute atomic E-state index is 12.5. The van der Waals surface area contributed by atoms with Gasteiger partial charge in [-0.3, -0.25) is 0 Å². The average Bonchev–Trinajstić information content (AvgIpc) is 2.69. The van der Waals surface area contributed by atoms with E-state index in [1.54, 1.807) is 0 Å². The molecule has 0 amide bonds. The monoisotopic (exact) mass is 229 g/mol. The number of tetrazole rings is 1. The standard InChI is InChI=1S/C8H6F3N5/c9-8(10,11)6-3-5(1-2-7(6)12)16-4-13-14-15-16/h1-4H,12H2. The lowest BCUT2D eigenvalue weighted by molar-refractivity contribution is -0.136. The summed E-state index contributed by atoms with van der Waals surface area (Å²) in [5, 5.41) is 10.2. The maximum atomic E-state index is 12.5. The second-order valence-electron chi connectivity index (χ2n) is 3.02. The van der Waals surface area contributed by atoms with Gasteiger partial charge in [0, 0.05) is 5.69 Å². The van der Waals surface area contributed by atoms with Gasteiger partial charge in [0.15, 0.2) is 0 Å². The number of rotatable bonds is 1. The van der Waals surface area contributed by atoms with Crippen molar-refractivity contribution in [3.8, 4) is 5.69 Å². The largest absolute Gasteiger partial charge is 0.418 e. The number of benzene rings is 1. The van der Waals surface area contributed by atoms with Crippen molar-refractivity contribution in [2.75, 3.05) is 5.73 Å². The molecule has 2 N–H and O–H groups in total. The molecule has 0 aliphatic carbocycles. The minimum absolute atomic E-state index is 0.200. The van der Waals surface area contributed by atoms with Crippen LogP contribution in [0.15, 0.2) is 24.5 Å². The molecule has 0 saturated heterocycles. The molecule has 5 nitrogen and oxygen atoms in total. The Morgan fingerprint density at radius 1 is 1.25 bits per heavy atom. The number of nitrogens with two attached hydrogens (primary N) is 1. The van der Waals surface area contributed by atoms with E-state index in [0.717, 1.165) is 10.7 Å². The number of hydrogen-bond donors (Lipinski definition) is 1. The predicted octanol–water partition coefficient (Wildman–Crippen LogP) is 1.26. The molecule has 0 atom stereocenters. The van der Waals surface area contributed by atoms with E-state index in [1.165, 1.54) is 18.5 Å². The van der Waals surface area contributed by atoms with E-state index in [-0.39, 0.29) is 11.4 Å². The van der Waals surface area contributed by atoms with Crippen molar-refractivity contribution in [3.05, 3.63) is 30.1 Å². The molecule has 0 fully saturated rings. The molecule has 0 saturated carbocycles. The summed E-state index contributed by atoms with van der Waals surface area (Å²) in [7, 11) is 0. The number of anilines is 1. The summed E-state index contributed by atoms with van der Waals surface area (Å²) in [5.74, 6) is 0. The Morgan fingerprint density at radius 2 is 2.00 bits per heavy atom. The zero-order chi connectivity index (χ0) is 11.8. The van der Waals surface area contributed by atoms with Crippen molar-refractivity contribution >= 4 is 5.69 Å². The van der Waals surface area contributed by atoms with Gasteiger partial charge in [0.25, 0.3) is 0 Å². The van der Waals surface area contributed by atoms with Crippen molar-refractivity contribution in [3.63, 3.8) is 0 Å². The first-order chi connectivity index (χ1) is 7.48. The quantitative estimate of drug-likeness (QED) is 0.747. The summed E-state index contributed by atoms with van der Waals surface area (Å²) in [4.78, 5) is 0. The van der Waals surface area contributed by atoms with Crippen LogP contribution in [-0.4, -0.2) is 20.2 Å². The second kappa shape index (κ2) is 3.47. The Bertz CT molecular complexity index is 491. The van der Waals surface area contributed by atoms with Gasteiger partial charge in [-0.05, 0) is 28.6 Å². The number of hydrogen-bond acceptors (Lipinski definition) is 4. The topological polar surface area (TPSA) is 69.6 Å². The molecule has 8 heteroatoms. The summed E-state index contributed by atoms with van der Waals surface area (Å²) < 4.78 is 38.7. The van der Waals surface area contributed by atoms with Crippen LogP contribution in [0.25, 0.3) is 5.69 Å². The number of nitrogen functional groups attached to an aromatic ring is 1. The smallest absolute Gasteiger partial charge is 0.398 e. The van der Waals surface area contributed by atoms with Gasteiger partial charge in [0.2, 0.25) is 0 Å². The molecule has 0 spiro atoms. The highest BCUT2D eigenvalue weighted by atomic mass is 19.4. The van der Waals surface area contributed by atoms with Crippen LogP contribution in [0.4, 0.5) is 18.9 Å². The van der Waals surface area contributed by atoms with Crippen LogP contribution in [0, 0.1) is 0 Å². The Kier molecular flexibility index (Phi) is 2.26. The Labute approximate surface area is 87.7 Å². The van der Waals surface area contributed by atoms with Gasteiger partial charge >= 0.3 is 6.18 Å². The van der Waals surface area contributed by atoms with Crippen LogP contribution in [0.3, 0.4) is 0 Å².